The average Bonchev–Trinajstić information content (AvgIpc) is 2.01. The number of ether oxygens (including phenoxy) is 1. The van der Waals surface area contributed by atoms with Crippen molar-refractivity contribution in [2.24, 2.45) is 0 Å². The van der Waals surface area contributed by atoms with Crippen LogP contribution in [0.25, 0.3) is 0 Å². The summed E-state index contributed by atoms with van der Waals surface area (Å²) in [4.78, 5) is 10.7. The van der Waals surface area contributed by atoms with Crippen molar-refractivity contribution in [3.05, 3.63) is 11.6 Å². The number of carbonyl (C=O) groups is 1. The van der Waals surface area contributed by atoms with Crippen LogP contribution in [0.5, 0.6) is 0 Å². The van der Waals surface area contributed by atoms with E-state index in [1.165, 1.54) is 5.54 Å². The monoisotopic (exact) mass is 176 g/mol. The first-order valence-electron chi connectivity index (χ1n) is 3.72. The molecule has 0 heterocycles. The number of esters is 1. The van der Waals surface area contributed by atoms with E-state index in [9.17, 15) is 4.79 Å². The molecule has 0 unspecified atom stereocenters. The molecule has 0 aromatic carbocycles. The van der Waals surface area contributed by atoms with Crippen molar-refractivity contribution in [3.63, 3.8) is 0 Å². The summed E-state index contributed by atoms with van der Waals surface area (Å²) in [6, 6.07) is 0. The topological polar surface area (TPSA) is 26.3 Å². The molecule has 0 aromatic rings. The van der Waals surface area contributed by atoms with Gasteiger partial charge in [0.05, 0.1) is 13.0 Å². The zero-order chi connectivity index (χ0) is 8.53. The largest absolute Gasteiger partial charge is 0.465 e. The standard InChI is InChI=1S/C8H13ClO2/c1-2-3-7-11-8(10)5-4-6-9/h4,6H,2-3,5,7H2,1H3. The third-order valence-corrected chi connectivity index (χ3v) is 1.31. The summed E-state index contributed by atoms with van der Waals surface area (Å²) in [6.07, 6.45) is 3.80. The van der Waals surface area contributed by atoms with E-state index in [-0.39, 0.29) is 12.4 Å². The number of unbranched alkanes of at least 4 members (excludes halogenated alkanes) is 1. The van der Waals surface area contributed by atoms with Gasteiger partial charge in [-0.3, -0.25) is 4.79 Å². The second-order valence-corrected chi connectivity index (χ2v) is 2.39. The van der Waals surface area contributed by atoms with Crippen molar-refractivity contribution >= 4 is 17.6 Å². The Morgan fingerprint density at radius 1 is 1.64 bits per heavy atom. The SMILES string of the molecule is CCCCOC(=O)CC=CCl. The van der Waals surface area contributed by atoms with Crippen molar-refractivity contribution in [2.75, 3.05) is 6.61 Å². The molecular weight excluding hydrogens is 164 g/mol. The maximum Gasteiger partial charge on any atom is 0.309 e. The molecule has 0 bridgehead atoms. The van der Waals surface area contributed by atoms with Gasteiger partial charge in [0.1, 0.15) is 0 Å². The fraction of sp³-hybridized carbons (Fsp3) is 0.625. The number of hydrogen-bond donors (Lipinski definition) is 0. The van der Waals surface area contributed by atoms with E-state index >= 15 is 0 Å². The second kappa shape index (κ2) is 7.61. The summed E-state index contributed by atoms with van der Waals surface area (Å²) >= 11 is 5.22. The highest BCUT2D eigenvalue weighted by Crippen LogP contribution is 1.93. The Labute approximate surface area is 72.2 Å². The maximum atomic E-state index is 10.7. The second-order valence-electron chi connectivity index (χ2n) is 2.14. The normalized spacial score (nSPS) is 10.4. The average molecular weight is 177 g/mol. The molecule has 0 spiro atoms. The van der Waals surface area contributed by atoms with Gasteiger partial charge in [-0.25, -0.2) is 0 Å². The first-order chi connectivity index (χ1) is 5.31. The summed E-state index contributed by atoms with van der Waals surface area (Å²) < 4.78 is 4.84. The highest BCUT2D eigenvalue weighted by molar-refractivity contribution is 6.25. The molecule has 0 saturated carbocycles. The Kier molecular flexibility index (Phi) is 7.26. The highest BCUT2D eigenvalue weighted by atomic mass is 35.5. The van der Waals surface area contributed by atoms with Gasteiger partial charge in [-0.1, -0.05) is 31.0 Å². The van der Waals surface area contributed by atoms with Crippen molar-refractivity contribution in [3.8, 4) is 0 Å². The molecule has 0 rings (SSSR count). The number of carbonyl (C=O) groups excluding carboxylic acids is 1. The van der Waals surface area contributed by atoms with E-state index in [0.717, 1.165) is 12.8 Å². The zero-order valence-corrected chi connectivity index (χ0v) is 7.43. The molecule has 0 atom stereocenters. The molecule has 11 heavy (non-hydrogen) atoms. The summed E-state index contributed by atoms with van der Waals surface area (Å²) in [5.74, 6) is -0.213. The van der Waals surface area contributed by atoms with Gasteiger partial charge in [-0.05, 0) is 6.42 Å². The van der Waals surface area contributed by atoms with Crippen LogP contribution in [-0.2, 0) is 9.53 Å². The Hall–Kier alpha value is -0.500. The van der Waals surface area contributed by atoms with Crippen LogP contribution in [0, 0.1) is 0 Å². The van der Waals surface area contributed by atoms with Crippen molar-refractivity contribution in [2.45, 2.75) is 26.2 Å². The molecule has 0 aliphatic carbocycles. The van der Waals surface area contributed by atoms with E-state index in [4.69, 9.17) is 16.3 Å². The third kappa shape index (κ3) is 7.40. The van der Waals surface area contributed by atoms with Crippen LogP contribution in [0.3, 0.4) is 0 Å². The molecule has 0 fully saturated rings. The van der Waals surface area contributed by atoms with E-state index in [1.807, 2.05) is 6.92 Å². The van der Waals surface area contributed by atoms with Crippen LogP contribution in [0.1, 0.15) is 26.2 Å². The number of hydrogen-bond acceptors (Lipinski definition) is 2. The van der Waals surface area contributed by atoms with Crippen molar-refractivity contribution in [1.29, 1.82) is 0 Å². The third-order valence-electron chi connectivity index (χ3n) is 1.13. The lowest BCUT2D eigenvalue weighted by atomic mass is 10.3. The minimum absolute atomic E-state index is 0.213. The molecule has 2 nitrogen and oxygen atoms in total. The maximum absolute atomic E-state index is 10.7. The molecule has 0 radical (unpaired) electrons. The smallest absolute Gasteiger partial charge is 0.309 e. The van der Waals surface area contributed by atoms with Crippen LogP contribution in [-0.4, -0.2) is 12.6 Å². The summed E-state index contributed by atoms with van der Waals surface area (Å²) in [5, 5.41) is 0. The fourth-order valence-corrected chi connectivity index (χ4v) is 0.619. The van der Waals surface area contributed by atoms with Crippen LogP contribution < -0.4 is 0 Å². The van der Waals surface area contributed by atoms with Gasteiger partial charge >= 0.3 is 5.97 Å². The van der Waals surface area contributed by atoms with E-state index in [0.29, 0.717) is 6.61 Å². The lowest BCUT2D eigenvalue weighted by Crippen LogP contribution is -2.03. The van der Waals surface area contributed by atoms with Gasteiger partial charge in [-0.15, -0.1) is 0 Å². The predicted molar refractivity (Wildman–Crippen MR) is 45.5 cm³/mol. The first kappa shape index (κ1) is 10.5. The van der Waals surface area contributed by atoms with Gasteiger partial charge in [0.2, 0.25) is 0 Å². The summed E-state index contributed by atoms with van der Waals surface area (Å²) in [7, 11) is 0. The quantitative estimate of drug-likeness (QED) is 0.475. The molecular formula is C8H13ClO2. The zero-order valence-electron chi connectivity index (χ0n) is 6.68. The Bertz CT molecular complexity index is 132. The Morgan fingerprint density at radius 3 is 2.91 bits per heavy atom. The Balaban J connectivity index is 3.23. The summed E-state index contributed by atoms with van der Waals surface area (Å²) in [5.41, 5.74) is 1.32. The van der Waals surface area contributed by atoms with E-state index in [1.54, 1.807) is 6.08 Å². The van der Waals surface area contributed by atoms with E-state index < -0.39 is 0 Å². The lowest BCUT2D eigenvalue weighted by Gasteiger charge is -1.99. The predicted octanol–water partition coefficient (Wildman–Crippen LogP) is 2.47. The number of rotatable bonds is 5. The van der Waals surface area contributed by atoms with Gasteiger partial charge in [0, 0.05) is 5.54 Å². The molecule has 0 aliphatic heterocycles. The fourth-order valence-electron chi connectivity index (χ4n) is 0.530. The minimum atomic E-state index is -0.213. The van der Waals surface area contributed by atoms with Crippen molar-refractivity contribution in [1.82, 2.24) is 0 Å². The molecule has 0 aromatic heterocycles. The van der Waals surface area contributed by atoms with E-state index in [2.05, 4.69) is 0 Å². The van der Waals surface area contributed by atoms with Gasteiger partial charge in [-0.2, -0.15) is 0 Å². The lowest BCUT2D eigenvalue weighted by molar-refractivity contribution is -0.142. The van der Waals surface area contributed by atoms with Crippen molar-refractivity contribution < 1.29 is 9.53 Å². The molecule has 0 aliphatic rings. The first-order valence-corrected chi connectivity index (χ1v) is 4.15. The Morgan fingerprint density at radius 2 is 2.36 bits per heavy atom. The van der Waals surface area contributed by atoms with Gasteiger partial charge in [0.25, 0.3) is 0 Å². The molecule has 0 N–H and O–H groups in total. The molecule has 3 heteroatoms. The van der Waals surface area contributed by atoms with Gasteiger partial charge < -0.3 is 4.74 Å². The number of halogens is 1. The van der Waals surface area contributed by atoms with Crippen LogP contribution in [0.15, 0.2) is 11.6 Å². The highest BCUT2D eigenvalue weighted by Gasteiger charge is 1.97. The molecule has 0 saturated heterocycles. The van der Waals surface area contributed by atoms with Crippen LogP contribution in [0.4, 0.5) is 0 Å². The minimum Gasteiger partial charge on any atom is -0.465 e. The van der Waals surface area contributed by atoms with Gasteiger partial charge in [0.15, 0.2) is 0 Å². The van der Waals surface area contributed by atoms with Crippen LogP contribution in [0.2, 0.25) is 0 Å². The molecule has 64 valence electrons. The summed E-state index contributed by atoms with van der Waals surface area (Å²) in [6.45, 7) is 2.57. The van der Waals surface area contributed by atoms with Crippen LogP contribution >= 0.6 is 11.6 Å². The molecule has 0 amide bonds.